The number of benzene rings is 7. The third-order valence-electron chi connectivity index (χ3n) is 12.5. The minimum atomic E-state index is -2.63. The van der Waals surface area contributed by atoms with E-state index in [-0.39, 0.29) is 60.0 Å². The van der Waals surface area contributed by atoms with Crippen LogP contribution in [0.3, 0.4) is 0 Å². The molecule has 7 aromatic carbocycles. The first kappa shape index (κ1) is 32.7. The number of aryl methyl sites for hydroxylation is 3. The van der Waals surface area contributed by atoms with Gasteiger partial charge in [-0.25, -0.2) is 0 Å². The molecule has 348 valence electrons. The first-order valence-corrected chi connectivity index (χ1v) is 22.8. The van der Waals surface area contributed by atoms with Crippen LogP contribution in [0.1, 0.15) is 113 Å². The van der Waals surface area contributed by atoms with Gasteiger partial charge >= 0.3 is 20.1 Å². The Balaban J connectivity index is 0.000000237. The van der Waals surface area contributed by atoms with Gasteiger partial charge in [-0.05, 0) is 121 Å². The Labute approximate surface area is 447 Å². The number of imidazole rings is 1. The molecule has 3 aromatic heterocycles. The van der Waals surface area contributed by atoms with Crippen molar-refractivity contribution in [3.8, 4) is 50.5 Å². The Kier molecular flexibility index (Phi) is 9.37. The molecule has 11 rings (SSSR count). The van der Waals surface area contributed by atoms with Gasteiger partial charge in [-0.1, -0.05) is 154 Å². The minimum absolute atomic E-state index is 0. The van der Waals surface area contributed by atoms with Gasteiger partial charge in [0.05, 0.1) is 22.4 Å². The summed E-state index contributed by atoms with van der Waals surface area (Å²) in [5.74, 6) is 1.10. The second-order valence-corrected chi connectivity index (χ2v) is 17.8. The molecule has 1 aliphatic heterocycles. The Morgan fingerprint density at radius 2 is 1.31 bits per heavy atom. The molecule has 0 amide bonds. The molecule has 0 saturated carbocycles. The van der Waals surface area contributed by atoms with Crippen LogP contribution in [0.4, 0.5) is 0 Å². The molecule has 0 radical (unpaired) electrons. The van der Waals surface area contributed by atoms with Gasteiger partial charge in [-0.15, -0.1) is 23.8 Å². The molecular weight excluding hydrogens is 1030 g/mol. The van der Waals surface area contributed by atoms with E-state index in [2.05, 4.69) is 97.2 Å². The van der Waals surface area contributed by atoms with Gasteiger partial charge in [0.1, 0.15) is 5.58 Å². The predicted molar refractivity (Wildman–Crippen MR) is 288 cm³/mol. The van der Waals surface area contributed by atoms with Crippen molar-refractivity contribution in [1.82, 2.24) is 14.5 Å². The molecule has 70 heavy (non-hydrogen) atoms. The fraction of sp³-hybridized carbons (Fsp3) is 0.188. The smallest absolute Gasteiger partial charge is 0.683 e. The average molecular weight is 1110 g/mol. The van der Waals surface area contributed by atoms with Crippen LogP contribution < -0.4 is 0 Å². The van der Waals surface area contributed by atoms with E-state index < -0.39 is 40.3 Å². The number of fused-ring (bicyclic) bond motifs is 4. The van der Waals surface area contributed by atoms with Crippen LogP contribution in [-0.2, 0) is 20.1 Å². The van der Waals surface area contributed by atoms with Crippen LogP contribution in [0.15, 0.2) is 179 Å². The van der Waals surface area contributed by atoms with Gasteiger partial charge in [0.2, 0.25) is 0 Å². The predicted octanol–water partition coefficient (Wildman–Crippen LogP) is 17.7. The van der Waals surface area contributed by atoms with E-state index in [1.165, 1.54) is 46.5 Å². The average Bonchev–Trinajstić information content (AvgIpc) is 1.90. The number of nitrogens with zero attached hydrogens (tertiary/aromatic N) is 4. The van der Waals surface area contributed by atoms with Crippen molar-refractivity contribution in [3.05, 3.63) is 226 Å². The van der Waals surface area contributed by atoms with Crippen molar-refractivity contribution in [2.75, 3.05) is 0 Å². The molecule has 1 atom stereocenters. The molecule has 0 fully saturated rings. The van der Waals surface area contributed by atoms with E-state index in [0.29, 0.717) is 50.4 Å². The summed E-state index contributed by atoms with van der Waals surface area (Å²) in [5, 5.41) is 5.94. The number of rotatable bonds is 8. The Hall–Kier alpha value is -7.11. The standard InChI is InChI=1S/C44H38N3O.C20H19N.Ir/c1-26(2)37-23-33(30-13-8-7-9-14-30)24-38(27(3)4)42(37)47-40-18-11-10-17-39(40)46-44(47)36-16-12-15-35-34-20-19-31(25-41(34)48-43(35)36)32-21-28(5)45-29(6)22-32;1-14-9-10-18(20-11-15(2)16(3)13-21-20)12-19(14)17-7-5-4-6-8-17;/h7-15,17-27H,1-6H3;4-9,11-13,20H,1-3H3;/q-1;-2;+3/i5D3,6D3;1D3,2D3,3D3;. The summed E-state index contributed by atoms with van der Waals surface area (Å²) in [7, 11) is 0. The molecule has 5 nitrogen and oxygen atoms in total. The maximum absolute atomic E-state index is 7.94. The zero-order valence-corrected chi connectivity index (χ0v) is 41.2. The van der Waals surface area contributed by atoms with Crippen molar-refractivity contribution in [2.45, 2.75) is 79.8 Å². The molecule has 0 saturated heterocycles. The fourth-order valence-corrected chi connectivity index (χ4v) is 9.04. The third kappa shape index (κ3) is 9.34. The number of pyridine rings is 1. The van der Waals surface area contributed by atoms with Crippen molar-refractivity contribution >= 4 is 33.0 Å². The van der Waals surface area contributed by atoms with Crippen molar-refractivity contribution < 1.29 is 45.1 Å². The van der Waals surface area contributed by atoms with Gasteiger partial charge in [0.25, 0.3) is 0 Å². The molecule has 6 heteroatoms. The summed E-state index contributed by atoms with van der Waals surface area (Å²) in [5.41, 5.74) is 11.2. The first-order chi connectivity index (χ1) is 39.5. The second-order valence-electron chi connectivity index (χ2n) is 17.8. The number of furan rings is 1. The molecule has 1 unspecified atom stereocenters. The summed E-state index contributed by atoms with van der Waals surface area (Å²) in [4.78, 5) is 9.24. The minimum Gasteiger partial charge on any atom is -0.683 e. The van der Waals surface area contributed by atoms with Crippen molar-refractivity contribution in [2.24, 2.45) is 0 Å². The Morgan fingerprint density at radius 1 is 0.629 bits per heavy atom. The number of hydrogen-bond acceptors (Lipinski definition) is 3. The van der Waals surface area contributed by atoms with E-state index >= 15 is 0 Å². The summed E-state index contributed by atoms with van der Waals surface area (Å²) in [6.07, 6.45) is 2.37. The fourth-order valence-electron chi connectivity index (χ4n) is 9.04. The molecule has 0 aliphatic carbocycles. The quantitative estimate of drug-likeness (QED) is 0.143. The van der Waals surface area contributed by atoms with Crippen LogP contribution in [-0.4, -0.2) is 14.5 Å². The van der Waals surface area contributed by atoms with Gasteiger partial charge < -0.3 is 14.3 Å². The van der Waals surface area contributed by atoms with Gasteiger partial charge in [-0.3, -0.25) is 9.97 Å². The largest absolute Gasteiger partial charge is 3.00 e. The van der Waals surface area contributed by atoms with Crippen LogP contribution >= 0.6 is 0 Å². The third-order valence-corrected chi connectivity index (χ3v) is 12.5. The Morgan fingerprint density at radius 3 is 2.00 bits per heavy atom. The SMILES string of the molecule is [2H]C([2H])([2H])C1=C[N-]C(c2[c-]cc(C([2H])([2H])[2H])c(-c3ccccc3)c2)C=C1C([2H])([2H])[2H].[2H]C([2H])([2H])c1cc(-c2ccc3c(c2)oc2c(-c4nc5ccccc5n4-c4c(C(C)C)cc(-c5ccccc5)cc4C(C)C)[c-]ccc23)cc(C([2H])([2H])[2H])n1.[Ir+3]. The number of hydrogen-bond donors (Lipinski definition) is 0. The van der Waals surface area contributed by atoms with Crippen molar-refractivity contribution in [1.29, 1.82) is 0 Å². The second kappa shape index (κ2) is 20.1. The molecule has 10 aromatic rings. The first-order valence-electron chi connectivity index (χ1n) is 30.3. The van der Waals surface area contributed by atoms with E-state index in [1.807, 2.05) is 60.7 Å². The molecule has 0 N–H and O–H groups in total. The van der Waals surface area contributed by atoms with E-state index in [1.54, 1.807) is 30.3 Å². The number of para-hydroxylation sites is 2. The molecule has 0 bridgehead atoms. The zero-order chi connectivity index (χ0) is 60.4. The maximum atomic E-state index is 7.94. The zero-order valence-electron chi connectivity index (χ0n) is 53.9. The monoisotopic (exact) mass is 1110 g/mol. The number of allylic oxidation sites excluding steroid dienone is 2. The summed E-state index contributed by atoms with van der Waals surface area (Å²) in [6, 6.07) is 53.1. The van der Waals surface area contributed by atoms with Gasteiger partial charge in [0, 0.05) is 43.0 Å². The molecule has 1 aliphatic rings. The normalized spacial score (nSPS) is 17.6. The van der Waals surface area contributed by atoms with Gasteiger partial charge in [-0.2, -0.15) is 35.5 Å². The molecule has 4 heterocycles. The number of aromatic nitrogens is 3. The van der Waals surface area contributed by atoms with E-state index in [4.69, 9.17) is 30.0 Å². The summed E-state index contributed by atoms with van der Waals surface area (Å²) < 4.78 is 126. The molecular formula is C64H57IrN4O. The summed E-state index contributed by atoms with van der Waals surface area (Å²) in [6.45, 7) is -3.86. The molecule has 0 spiro atoms. The Bertz CT molecular complexity index is 4110. The van der Waals surface area contributed by atoms with E-state index in [0.717, 1.165) is 33.7 Å². The maximum Gasteiger partial charge on any atom is 3.00 e. The van der Waals surface area contributed by atoms with Crippen LogP contribution in [0.2, 0.25) is 0 Å². The van der Waals surface area contributed by atoms with Gasteiger partial charge in [0.15, 0.2) is 0 Å². The van der Waals surface area contributed by atoms with Crippen LogP contribution in [0.5, 0.6) is 0 Å². The van der Waals surface area contributed by atoms with E-state index in [9.17, 15) is 0 Å². The topological polar surface area (TPSA) is 58.0 Å². The van der Waals surface area contributed by atoms with Crippen LogP contribution in [0, 0.1) is 32.7 Å². The van der Waals surface area contributed by atoms with Crippen molar-refractivity contribution in [3.63, 3.8) is 0 Å². The van der Waals surface area contributed by atoms with Crippen LogP contribution in [0.25, 0.3) is 88.7 Å². The summed E-state index contributed by atoms with van der Waals surface area (Å²) >= 11 is 0.